The molecule has 0 aliphatic carbocycles. The van der Waals surface area contributed by atoms with E-state index in [2.05, 4.69) is 13.2 Å². The van der Waals surface area contributed by atoms with Gasteiger partial charge in [0.25, 0.3) is 0 Å². The van der Waals surface area contributed by atoms with Crippen LogP contribution < -0.4 is 10.6 Å². The maximum atomic E-state index is 8.75. The Hall–Kier alpha value is -1.18. The minimum atomic E-state index is 0.546. The molecule has 0 saturated heterocycles. The van der Waals surface area contributed by atoms with Gasteiger partial charge in [0.1, 0.15) is 0 Å². The molecular formula is C6H7NO. The highest BCUT2D eigenvalue weighted by Gasteiger charge is 1.83. The molecule has 0 atom stereocenters. The molecule has 0 aliphatic rings. The van der Waals surface area contributed by atoms with Gasteiger partial charge in [0.2, 0.25) is 0 Å². The van der Waals surface area contributed by atoms with Gasteiger partial charge in [-0.2, -0.15) is 4.73 Å². The molecule has 1 aromatic heterocycles. The largest absolute Gasteiger partial charge is 0.428 e. The topological polar surface area (TPSA) is 25.2 Å². The zero-order chi connectivity index (χ0) is 6.15. The summed E-state index contributed by atoms with van der Waals surface area (Å²) >= 11 is 0. The molecule has 42 valence electrons. The van der Waals surface area contributed by atoms with Crippen LogP contribution in [0, 0.1) is 0 Å². The van der Waals surface area contributed by atoms with E-state index in [1.165, 1.54) is 6.20 Å². The Labute approximate surface area is 46.9 Å². The summed E-state index contributed by atoms with van der Waals surface area (Å²) in [6, 6.07) is 1.70. The Bertz CT molecular complexity index is 273. The zero-order valence-electron chi connectivity index (χ0n) is 4.46. The van der Waals surface area contributed by atoms with Crippen molar-refractivity contribution >= 4 is 13.2 Å². The molecule has 1 rings (SSSR count). The fourth-order valence-electron chi connectivity index (χ4n) is 0.494. The van der Waals surface area contributed by atoms with Crippen LogP contribution in [0.2, 0.25) is 0 Å². The number of rotatable bonds is 0. The highest BCUT2D eigenvalue weighted by atomic mass is 16.5. The molecule has 0 unspecified atom stereocenters. The van der Waals surface area contributed by atoms with E-state index in [-0.39, 0.29) is 0 Å². The Morgan fingerprint density at radius 2 is 2.12 bits per heavy atom. The second-order valence-electron chi connectivity index (χ2n) is 1.63. The fraction of sp³-hybridized carbons (Fsp3) is 0. The maximum Gasteiger partial charge on any atom is 0.0787 e. The highest BCUT2D eigenvalue weighted by Crippen LogP contribution is 1.63. The molecule has 0 radical (unpaired) electrons. The zero-order valence-corrected chi connectivity index (χ0v) is 4.46. The first-order valence-corrected chi connectivity index (χ1v) is 2.26. The van der Waals surface area contributed by atoms with E-state index >= 15 is 0 Å². The van der Waals surface area contributed by atoms with Gasteiger partial charge in [-0.15, -0.1) is 0 Å². The summed E-state index contributed by atoms with van der Waals surface area (Å²) < 4.78 is 0.947. The van der Waals surface area contributed by atoms with E-state index in [1.54, 1.807) is 6.07 Å². The molecule has 2 nitrogen and oxygen atoms in total. The molecule has 1 heterocycles. The van der Waals surface area contributed by atoms with Crippen LogP contribution in [0.4, 0.5) is 0 Å². The number of hydrogen-bond donors (Lipinski definition) is 1. The quantitative estimate of drug-likeness (QED) is 0.448. The van der Waals surface area contributed by atoms with E-state index < -0.39 is 0 Å². The van der Waals surface area contributed by atoms with E-state index in [1.807, 2.05) is 0 Å². The lowest BCUT2D eigenvalue weighted by Gasteiger charge is -1.83. The van der Waals surface area contributed by atoms with Crippen molar-refractivity contribution in [3.05, 3.63) is 22.8 Å². The van der Waals surface area contributed by atoms with Crippen LogP contribution in [-0.4, -0.2) is 9.94 Å². The van der Waals surface area contributed by atoms with Crippen molar-refractivity contribution in [3.8, 4) is 0 Å². The number of hydrogen-bond acceptors (Lipinski definition) is 1. The lowest BCUT2D eigenvalue weighted by Crippen LogP contribution is -2.24. The normalized spacial score (nSPS) is 9.50. The Morgan fingerprint density at radius 1 is 1.50 bits per heavy atom. The summed E-state index contributed by atoms with van der Waals surface area (Å²) in [6.45, 7) is 7.13. The van der Waals surface area contributed by atoms with Gasteiger partial charge in [-0.05, 0) is 11.3 Å². The minimum Gasteiger partial charge on any atom is -0.428 e. The predicted molar refractivity (Wildman–Crippen MR) is 31.9 cm³/mol. The first-order valence-electron chi connectivity index (χ1n) is 2.26. The van der Waals surface area contributed by atoms with Crippen molar-refractivity contribution in [1.82, 2.24) is 4.73 Å². The van der Waals surface area contributed by atoms with Gasteiger partial charge in [-0.1, -0.05) is 13.2 Å². The smallest absolute Gasteiger partial charge is 0.0787 e. The monoisotopic (exact) mass is 109 g/mol. The van der Waals surface area contributed by atoms with Crippen molar-refractivity contribution in [1.29, 1.82) is 0 Å². The first kappa shape index (κ1) is 4.97. The van der Waals surface area contributed by atoms with Crippen LogP contribution in [0.15, 0.2) is 12.3 Å². The third kappa shape index (κ3) is 0.503. The van der Waals surface area contributed by atoms with Crippen LogP contribution in [0.3, 0.4) is 0 Å². The average molecular weight is 109 g/mol. The Balaban J connectivity index is 3.66. The van der Waals surface area contributed by atoms with Crippen molar-refractivity contribution in [2.75, 3.05) is 0 Å². The molecule has 2 heteroatoms. The molecule has 0 spiro atoms. The molecule has 0 amide bonds. The van der Waals surface area contributed by atoms with Gasteiger partial charge in [-0.3, -0.25) is 0 Å². The van der Waals surface area contributed by atoms with Crippen LogP contribution in [0.5, 0.6) is 0 Å². The summed E-state index contributed by atoms with van der Waals surface area (Å²) in [6.07, 6.45) is 1.50. The van der Waals surface area contributed by atoms with Crippen LogP contribution >= 0.6 is 0 Å². The molecule has 1 aromatic rings. The summed E-state index contributed by atoms with van der Waals surface area (Å²) in [7, 11) is 0. The summed E-state index contributed by atoms with van der Waals surface area (Å²) in [5, 5.41) is 10.1. The Kier molecular flexibility index (Phi) is 0.870. The second-order valence-corrected chi connectivity index (χ2v) is 1.63. The highest BCUT2D eigenvalue weighted by molar-refractivity contribution is 5.10. The van der Waals surface area contributed by atoms with Gasteiger partial charge in [0.05, 0.1) is 5.35 Å². The van der Waals surface area contributed by atoms with Gasteiger partial charge >= 0.3 is 0 Å². The van der Waals surface area contributed by atoms with Crippen molar-refractivity contribution in [3.63, 3.8) is 0 Å². The van der Waals surface area contributed by atoms with Gasteiger partial charge in [0.15, 0.2) is 0 Å². The molecular weight excluding hydrogens is 102 g/mol. The summed E-state index contributed by atoms with van der Waals surface area (Å²) in [5.74, 6) is 0. The lowest BCUT2D eigenvalue weighted by atomic mass is 10.5. The second kappa shape index (κ2) is 1.40. The Morgan fingerprint density at radius 3 is 2.25 bits per heavy atom. The van der Waals surface area contributed by atoms with Crippen molar-refractivity contribution < 1.29 is 5.21 Å². The van der Waals surface area contributed by atoms with Crippen LogP contribution in [-0.2, 0) is 0 Å². The van der Waals surface area contributed by atoms with Crippen molar-refractivity contribution in [2.24, 2.45) is 0 Å². The third-order valence-electron chi connectivity index (χ3n) is 1.06. The van der Waals surface area contributed by atoms with E-state index in [9.17, 15) is 0 Å². The summed E-state index contributed by atoms with van der Waals surface area (Å²) in [4.78, 5) is 0. The van der Waals surface area contributed by atoms with E-state index in [0.29, 0.717) is 5.35 Å². The van der Waals surface area contributed by atoms with E-state index in [0.717, 1.165) is 9.95 Å². The molecule has 0 aromatic carbocycles. The minimum absolute atomic E-state index is 0.546. The SMILES string of the molecule is C=c1ccn(O)c1=C. The number of nitrogens with zero attached hydrogens (tertiary/aromatic N) is 1. The van der Waals surface area contributed by atoms with Gasteiger partial charge < -0.3 is 5.21 Å². The maximum absolute atomic E-state index is 8.75. The third-order valence-corrected chi connectivity index (χ3v) is 1.06. The molecule has 1 N–H and O–H groups in total. The predicted octanol–water partition coefficient (Wildman–Crippen LogP) is -0.454. The standard InChI is InChI=1S/C6H7NO/c1-5-3-4-7(8)6(5)2/h3-4,8H,1-2H2. The lowest BCUT2D eigenvalue weighted by molar-refractivity contribution is 0.179. The van der Waals surface area contributed by atoms with Gasteiger partial charge in [0, 0.05) is 6.20 Å². The van der Waals surface area contributed by atoms with Crippen LogP contribution in [0.25, 0.3) is 13.2 Å². The van der Waals surface area contributed by atoms with Gasteiger partial charge in [-0.25, -0.2) is 0 Å². The van der Waals surface area contributed by atoms with Crippen LogP contribution in [0.1, 0.15) is 0 Å². The number of aromatic nitrogens is 1. The molecule has 0 saturated carbocycles. The molecule has 0 aliphatic heterocycles. The molecule has 0 fully saturated rings. The summed E-state index contributed by atoms with van der Waals surface area (Å²) in [5.41, 5.74) is 0. The molecule has 0 bridgehead atoms. The fourth-order valence-corrected chi connectivity index (χ4v) is 0.494. The average Bonchev–Trinajstić information content (AvgIpc) is 1.98. The molecule has 8 heavy (non-hydrogen) atoms. The van der Waals surface area contributed by atoms with E-state index in [4.69, 9.17) is 5.21 Å². The first-order chi connectivity index (χ1) is 3.72. The van der Waals surface area contributed by atoms with Crippen molar-refractivity contribution in [2.45, 2.75) is 0 Å².